The summed E-state index contributed by atoms with van der Waals surface area (Å²) in [4.78, 5) is 58.8. The Morgan fingerprint density at radius 2 is 1.60 bits per heavy atom. The number of aryl methyl sites for hydroxylation is 2. The van der Waals surface area contributed by atoms with E-state index in [4.69, 9.17) is 4.74 Å². The van der Waals surface area contributed by atoms with E-state index >= 15 is 0 Å². The molecule has 16 nitrogen and oxygen atoms in total. The van der Waals surface area contributed by atoms with Crippen LogP contribution in [0.25, 0.3) is 6.08 Å². The fourth-order valence-electron chi connectivity index (χ4n) is 6.52. The lowest BCUT2D eigenvalue weighted by Crippen LogP contribution is -2.67. The molecular formula is C41H46N6O10. The van der Waals surface area contributed by atoms with Crippen LogP contribution in [-0.2, 0) is 20.9 Å². The zero-order valence-electron chi connectivity index (χ0n) is 31.5. The first-order valence-corrected chi connectivity index (χ1v) is 18.1. The lowest BCUT2D eigenvalue weighted by molar-refractivity contribution is -0.226. The van der Waals surface area contributed by atoms with E-state index in [9.17, 15) is 44.7 Å². The number of carbonyl (C=O) groups excluding carboxylic acids is 3. The van der Waals surface area contributed by atoms with Crippen LogP contribution < -0.4 is 21.3 Å². The number of nitrogens with one attached hydrogen (secondary N) is 4. The molecular weight excluding hydrogens is 736 g/mol. The van der Waals surface area contributed by atoms with Crippen molar-refractivity contribution in [3.8, 4) is 5.75 Å². The van der Waals surface area contributed by atoms with Gasteiger partial charge in [-0.15, -0.1) is 0 Å². The van der Waals surface area contributed by atoms with Crippen LogP contribution in [0.1, 0.15) is 62.7 Å². The molecule has 1 aliphatic rings. The number of hydrogen-bond donors (Lipinski definition) is 9. The van der Waals surface area contributed by atoms with Crippen molar-refractivity contribution in [2.75, 3.05) is 11.9 Å². The van der Waals surface area contributed by atoms with Gasteiger partial charge in [0.2, 0.25) is 11.9 Å². The number of aliphatic carboxylic acids is 1. The van der Waals surface area contributed by atoms with Crippen LogP contribution in [0.15, 0.2) is 85.2 Å². The SMILES string of the molecule is CC(=O)N[C@H]1[C@H]([C@H](O)[C@H](O)CNC(=O)c2cc(C)c(O)c(C)c2)O[C@@](C/C=C/c2cccc(CNC(=O)c3ccc(Nc4ncccn4)cc3)c2)(C(=O)O)C[C@@H]1O. The summed E-state index contributed by atoms with van der Waals surface area (Å²) in [6.07, 6.45) is -1.02. The van der Waals surface area contributed by atoms with Crippen molar-refractivity contribution in [1.82, 2.24) is 25.9 Å². The molecule has 0 saturated carbocycles. The summed E-state index contributed by atoms with van der Waals surface area (Å²) < 4.78 is 6.01. The van der Waals surface area contributed by atoms with E-state index in [-0.39, 0.29) is 30.2 Å². The van der Waals surface area contributed by atoms with E-state index in [2.05, 4.69) is 31.2 Å². The standard InChI is InChI=1S/C41H46N6O10/c1-23-17-29(18-24(2)34(23)51)38(54)45-22-32(50)35(52)36-33(46-25(3)48)31(49)20-41(57-36,39(55)56)14-5-9-26-7-4-8-27(19-26)21-44-37(53)28-10-12-30(13-11-28)47-40-42-15-6-16-43-40/h4-13,15-19,31-33,35-36,49-52H,14,20-22H2,1-3H3,(H,44,53)(H,45,54)(H,46,48)(H,55,56)(H,42,43,47)/b9-5+/t31-,32+,33+,35+,36+,41+/m0/s1. The molecule has 0 unspecified atom stereocenters. The predicted molar refractivity (Wildman–Crippen MR) is 208 cm³/mol. The van der Waals surface area contributed by atoms with Gasteiger partial charge >= 0.3 is 5.97 Å². The van der Waals surface area contributed by atoms with Crippen molar-refractivity contribution in [3.05, 3.63) is 119 Å². The molecule has 0 radical (unpaired) electrons. The highest BCUT2D eigenvalue weighted by atomic mass is 16.6. The quantitative estimate of drug-likeness (QED) is 0.0842. The van der Waals surface area contributed by atoms with Crippen LogP contribution >= 0.6 is 0 Å². The van der Waals surface area contributed by atoms with Gasteiger partial charge in [-0.25, -0.2) is 14.8 Å². The lowest BCUT2D eigenvalue weighted by atomic mass is 9.81. The molecule has 5 rings (SSSR count). The molecule has 9 N–H and O–H groups in total. The number of rotatable bonds is 15. The molecule has 1 aromatic heterocycles. The average molecular weight is 783 g/mol. The largest absolute Gasteiger partial charge is 0.507 e. The van der Waals surface area contributed by atoms with Crippen LogP contribution in [0.5, 0.6) is 5.75 Å². The highest BCUT2D eigenvalue weighted by molar-refractivity contribution is 5.95. The number of phenols is 1. The number of anilines is 2. The van der Waals surface area contributed by atoms with Gasteiger partial charge < -0.3 is 51.5 Å². The van der Waals surface area contributed by atoms with Gasteiger partial charge in [-0.2, -0.15) is 0 Å². The maximum atomic E-state index is 12.9. The number of aromatic hydroxyl groups is 1. The molecule has 16 heteroatoms. The number of carboxylic acid groups (broad SMARTS) is 1. The minimum Gasteiger partial charge on any atom is -0.507 e. The average Bonchev–Trinajstić information content (AvgIpc) is 3.19. The Bertz CT molecular complexity index is 2070. The van der Waals surface area contributed by atoms with Crippen LogP contribution in [0.3, 0.4) is 0 Å². The maximum Gasteiger partial charge on any atom is 0.336 e. The smallest absolute Gasteiger partial charge is 0.336 e. The fourth-order valence-corrected chi connectivity index (χ4v) is 6.52. The Morgan fingerprint density at radius 3 is 2.25 bits per heavy atom. The van der Waals surface area contributed by atoms with Crippen molar-refractivity contribution in [3.63, 3.8) is 0 Å². The molecule has 300 valence electrons. The summed E-state index contributed by atoms with van der Waals surface area (Å²) in [6, 6.07) is 17.3. The molecule has 1 fully saturated rings. The van der Waals surface area contributed by atoms with Crippen LogP contribution in [0.4, 0.5) is 11.6 Å². The Kier molecular flexibility index (Phi) is 13.7. The molecule has 0 aliphatic carbocycles. The zero-order chi connectivity index (χ0) is 41.3. The summed E-state index contributed by atoms with van der Waals surface area (Å²) in [5.41, 5.74) is 1.65. The molecule has 2 heterocycles. The number of carboxylic acids is 1. The maximum absolute atomic E-state index is 12.9. The second kappa shape index (κ2) is 18.6. The predicted octanol–water partition coefficient (Wildman–Crippen LogP) is 2.51. The number of amides is 3. The van der Waals surface area contributed by atoms with E-state index < -0.39 is 66.8 Å². The molecule has 6 atom stereocenters. The highest BCUT2D eigenvalue weighted by Crippen LogP contribution is 2.35. The van der Waals surface area contributed by atoms with Crippen LogP contribution in [0.2, 0.25) is 0 Å². The fraction of sp³-hybridized carbons (Fsp3) is 0.317. The molecule has 4 aromatic rings. The molecule has 57 heavy (non-hydrogen) atoms. The second-order valence-corrected chi connectivity index (χ2v) is 13.9. The summed E-state index contributed by atoms with van der Waals surface area (Å²) in [6.45, 7) is 4.13. The van der Waals surface area contributed by atoms with Crippen molar-refractivity contribution in [2.24, 2.45) is 0 Å². The number of aromatic nitrogens is 2. The molecule has 1 saturated heterocycles. The summed E-state index contributed by atoms with van der Waals surface area (Å²) in [5, 5.41) is 64.7. The van der Waals surface area contributed by atoms with Gasteiger partial charge in [0.25, 0.3) is 11.8 Å². The normalized spacial score (nSPS) is 20.3. The number of ether oxygens (including phenoxy) is 1. The number of aliphatic hydroxyl groups is 3. The van der Waals surface area contributed by atoms with Gasteiger partial charge in [-0.05, 0) is 84.6 Å². The summed E-state index contributed by atoms with van der Waals surface area (Å²) in [5.74, 6) is -2.47. The molecule has 3 amide bonds. The number of carbonyl (C=O) groups is 4. The molecule has 0 bridgehead atoms. The Balaban J connectivity index is 1.22. The number of phenolic OH excluding ortho intramolecular Hbond substituents is 1. The Hall–Kier alpha value is -6.20. The van der Waals surface area contributed by atoms with E-state index in [0.29, 0.717) is 33.9 Å². The van der Waals surface area contributed by atoms with Crippen molar-refractivity contribution in [1.29, 1.82) is 0 Å². The van der Waals surface area contributed by atoms with Gasteiger partial charge in [0.05, 0.1) is 18.2 Å². The van der Waals surface area contributed by atoms with Crippen molar-refractivity contribution >= 4 is 41.4 Å². The van der Waals surface area contributed by atoms with Gasteiger partial charge in [0.15, 0.2) is 5.60 Å². The van der Waals surface area contributed by atoms with Gasteiger partial charge in [0, 0.05) is 62.1 Å². The first-order valence-electron chi connectivity index (χ1n) is 18.1. The van der Waals surface area contributed by atoms with E-state index in [0.717, 1.165) is 5.56 Å². The van der Waals surface area contributed by atoms with E-state index in [1.54, 1.807) is 80.8 Å². The number of aliphatic hydroxyl groups excluding tert-OH is 3. The molecule has 0 spiro atoms. The molecule has 1 aliphatic heterocycles. The highest BCUT2D eigenvalue weighted by Gasteiger charge is 2.54. The zero-order valence-corrected chi connectivity index (χ0v) is 31.5. The summed E-state index contributed by atoms with van der Waals surface area (Å²) in [7, 11) is 0. The van der Waals surface area contributed by atoms with Gasteiger partial charge in [-0.3, -0.25) is 14.4 Å². The third-order valence-corrected chi connectivity index (χ3v) is 9.52. The second-order valence-electron chi connectivity index (χ2n) is 13.9. The Labute approximate surface area is 328 Å². The first kappa shape index (κ1) is 42.0. The van der Waals surface area contributed by atoms with Gasteiger partial charge in [0.1, 0.15) is 18.0 Å². The lowest BCUT2D eigenvalue weighted by Gasteiger charge is -2.47. The minimum absolute atomic E-state index is 0.0399. The third-order valence-electron chi connectivity index (χ3n) is 9.52. The third kappa shape index (κ3) is 10.8. The number of benzene rings is 3. The van der Waals surface area contributed by atoms with E-state index in [1.165, 1.54) is 25.1 Å². The van der Waals surface area contributed by atoms with Crippen LogP contribution in [0, 0.1) is 13.8 Å². The summed E-state index contributed by atoms with van der Waals surface area (Å²) >= 11 is 0. The van der Waals surface area contributed by atoms with Crippen molar-refractivity contribution < 1.29 is 49.4 Å². The van der Waals surface area contributed by atoms with Gasteiger partial charge in [-0.1, -0.05) is 30.4 Å². The number of nitrogens with zero attached hydrogens (tertiary/aromatic N) is 2. The minimum atomic E-state index is -2.08. The Morgan fingerprint density at radius 1 is 0.930 bits per heavy atom. The molecule has 3 aromatic carbocycles. The first-order chi connectivity index (χ1) is 27.2. The topological polar surface area (TPSA) is 253 Å². The van der Waals surface area contributed by atoms with Crippen LogP contribution in [-0.4, -0.2) is 102 Å². The monoisotopic (exact) mass is 782 g/mol. The van der Waals surface area contributed by atoms with Crippen molar-refractivity contribution in [2.45, 2.75) is 76.2 Å². The van der Waals surface area contributed by atoms with E-state index in [1.807, 2.05) is 6.07 Å². The number of hydrogen-bond acceptors (Lipinski definition) is 12.